The Morgan fingerprint density at radius 1 is 1.11 bits per heavy atom. The number of anilines is 1. The van der Waals surface area contributed by atoms with E-state index in [1.807, 2.05) is 6.92 Å². The van der Waals surface area contributed by atoms with E-state index in [4.69, 9.17) is 14.7 Å². The molecule has 0 aliphatic carbocycles. The number of aldehydes is 1. The number of rotatable bonds is 11. The number of methoxy groups -OCH3 is 1. The van der Waals surface area contributed by atoms with Crippen LogP contribution in [0.15, 0.2) is 47.6 Å². The Labute approximate surface area is 207 Å². The minimum Gasteiger partial charge on any atom is -0.493 e. The molecule has 3 rings (SSSR count). The standard InChI is InChI=1S/C25H28F3N3O5/c1-4-18-12-21(15-32)30(14-17-6-9-20(10-7-17)31(16-33)35-5-2)29-24(18)19-8-11-22(34-3)23(13-19)36-25(26,27)28/h6-11,13,15-16,18,21H,4-5,12,14H2,1-3H3. The summed E-state index contributed by atoms with van der Waals surface area (Å²) in [4.78, 5) is 28.3. The largest absolute Gasteiger partial charge is 0.573 e. The fraction of sp³-hybridized carbons (Fsp3) is 0.400. The number of hydroxylamine groups is 1. The van der Waals surface area contributed by atoms with Crippen LogP contribution in [-0.4, -0.2) is 49.5 Å². The van der Waals surface area contributed by atoms with Crippen LogP contribution in [0.5, 0.6) is 11.5 Å². The van der Waals surface area contributed by atoms with E-state index in [0.717, 1.165) is 16.9 Å². The normalized spacial score (nSPS) is 17.8. The van der Waals surface area contributed by atoms with Gasteiger partial charge in [-0.05, 0) is 55.7 Å². The van der Waals surface area contributed by atoms with Crippen LogP contribution in [0.1, 0.15) is 37.8 Å². The van der Waals surface area contributed by atoms with Gasteiger partial charge in [0.15, 0.2) is 11.5 Å². The second-order valence-electron chi connectivity index (χ2n) is 8.06. The van der Waals surface area contributed by atoms with Gasteiger partial charge in [-0.2, -0.15) is 10.2 Å². The van der Waals surface area contributed by atoms with E-state index < -0.39 is 18.2 Å². The van der Waals surface area contributed by atoms with E-state index in [1.165, 1.54) is 19.2 Å². The summed E-state index contributed by atoms with van der Waals surface area (Å²) < 4.78 is 48.0. The van der Waals surface area contributed by atoms with E-state index in [1.54, 1.807) is 42.3 Å². The lowest BCUT2D eigenvalue weighted by atomic mass is 9.87. The second-order valence-corrected chi connectivity index (χ2v) is 8.06. The molecule has 0 radical (unpaired) electrons. The number of alkyl halides is 3. The highest BCUT2D eigenvalue weighted by atomic mass is 19.4. The molecule has 1 aliphatic rings. The molecule has 0 N–H and O–H groups in total. The van der Waals surface area contributed by atoms with Gasteiger partial charge in [-0.25, -0.2) is 0 Å². The van der Waals surface area contributed by atoms with Crippen molar-refractivity contribution in [2.75, 3.05) is 18.8 Å². The lowest BCUT2D eigenvalue weighted by molar-refractivity contribution is -0.275. The summed E-state index contributed by atoms with van der Waals surface area (Å²) in [5, 5.41) is 7.44. The third kappa shape index (κ3) is 6.54. The zero-order valence-electron chi connectivity index (χ0n) is 20.2. The van der Waals surface area contributed by atoms with Crippen molar-refractivity contribution in [2.24, 2.45) is 11.0 Å². The third-order valence-electron chi connectivity index (χ3n) is 5.77. The number of carbonyl (C=O) groups is 2. The van der Waals surface area contributed by atoms with Crippen molar-refractivity contribution in [1.29, 1.82) is 0 Å². The van der Waals surface area contributed by atoms with Crippen molar-refractivity contribution in [3.63, 3.8) is 0 Å². The quantitative estimate of drug-likeness (QED) is 0.324. The first-order valence-corrected chi connectivity index (χ1v) is 11.4. The molecule has 8 nitrogen and oxygen atoms in total. The summed E-state index contributed by atoms with van der Waals surface area (Å²) in [6, 6.07) is 10.8. The summed E-state index contributed by atoms with van der Waals surface area (Å²) in [5.41, 5.74) is 2.38. The zero-order chi connectivity index (χ0) is 26.3. The zero-order valence-corrected chi connectivity index (χ0v) is 20.2. The molecule has 0 saturated heterocycles. The van der Waals surface area contributed by atoms with Crippen molar-refractivity contribution in [3.05, 3.63) is 53.6 Å². The molecular formula is C25H28F3N3O5. The van der Waals surface area contributed by atoms with Crippen molar-refractivity contribution in [3.8, 4) is 11.5 Å². The molecule has 194 valence electrons. The van der Waals surface area contributed by atoms with Crippen molar-refractivity contribution >= 4 is 24.1 Å². The number of amides is 1. The van der Waals surface area contributed by atoms with Gasteiger partial charge in [-0.15, -0.1) is 13.2 Å². The molecule has 2 unspecified atom stereocenters. The molecule has 0 aromatic heterocycles. The molecule has 1 aliphatic heterocycles. The molecule has 0 saturated carbocycles. The van der Waals surface area contributed by atoms with Gasteiger partial charge in [-0.1, -0.05) is 19.1 Å². The van der Waals surface area contributed by atoms with Gasteiger partial charge in [0.05, 0.1) is 31.7 Å². The van der Waals surface area contributed by atoms with Crippen molar-refractivity contribution < 1.29 is 37.1 Å². The molecule has 2 aromatic rings. The van der Waals surface area contributed by atoms with Gasteiger partial charge in [0.1, 0.15) is 12.3 Å². The summed E-state index contributed by atoms with van der Waals surface area (Å²) in [6.45, 7) is 4.30. The van der Waals surface area contributed by atoms with Crippen LogP contribution in [0, 0.1) is 5.92 Å². The summed E-state index contributed by atoms with van der Waals surface area (Å²) in [7, 11) is 1.26. The van der Waals surface area contributed by atoms with Crippen molar-refractivity contribution in [1.82, 2.24) is 5.01 Å². The summed E-state index contributed by atoms with van der Waals surface area (Å²) in [5.74, 6) is -0.660. The predicted molar refractivity (Wildman–Crippen MR) is 127 cm³/mol. The number of ether oxygens (including phenoxy) is 2. The van der Waals surface area contributed by atoms with Crippen LogP contribution in [0.2, 0.25) is 0 Å². The minimum atomic E-state index is -4.88. The maximum atomic E-state index is 12.9. The SMILES string of the molecule is CCON(C=O)c1ccc(CN2N=C(c3ccc(OC)c(OC(F)(F)F)c3)C(CC)CC2C=O)cc1. The average Bonchev–Trinajstić information content (AvgIpc) is 2.86. The molecule has 2 aromatic carbocycles. The number of halogens is 3. The van der Waals surface area contributed by atoms with Crippen LogP contribution in [0.4, 0.5) is 18.9 Å². The van der Waals surface area contributed by atoms with Gasteiger partial charge < -0.3 is 14.3 Å². The molecule has 36 heavy (non-hydrogen) atoms. The van der Waals surface area contributed by atoms with E-state index in [0.29, 0.717) is 42.8 Å². The molecular weight excluding hydrogens is 479 g/mol. The highest BCUT2D eigenvalue weighted by Gasteiger charge is 2.34. The molecule has 0 spiro atoms. The van der Waals surface area contributed by atoms with E-state index in [-0.39, 0.29) is 18.2 Å². The van der Waals surface area contributed by atoms with Gasteiger partial charge in [0.2, 0.25) is 6.41 Å². The van der Waals surface area contributed by atoms with Crippen LogP contribution >= 0.6 is 0 Å². The number of nitrogens with zero attached hydrogens (tertiary/aromatic N) is 3. The fourth-order valence-corrected chi connectivity index (χ4v) is 4.03. The van der Waals surface area contributed by atoms with E-state index >= 15 is 0 Å². The predicted octanol–water partition coefficient (Wildman–Crippen LogP) is 4.71. The lowest BCUT2D eigenvalue weighted by Crippen LogP contribution is -2.41. The van der Waals surface area contributed by atoms with Gasteiger partial charge in [0.25, 0.3) is 0 Å². The minimum absolute atomic E-state index is 0.0559. The highest BCUT2D eigenvalue weighted by molar-refractivity contribution is 6.03. The first kappa shape index (κ1) is 27.0. The number of carbonyl (C=O) groups excluding carboxylic acids is 2. The topological polar surface area (TPSA) is 80.7 Å². The number of benzene rings is 2. The van der Waals surface area contributed by atoms with Gasteiger partial charge >= 0.3 is 6.36 Å². The van der Waals surface area contributed by atoms with Gasteiger partial charge in [-0.3, -0.25) is 14.6 Å². The Bertz CT molecular complexity index is 1080. The van der Waals surface area contributed by atoms with E-state index in [9.17, 15) is 22.8 Å². The lowest BCUT2D eigenvalue weighted by Gasteiger charge is -2.35. The Morgan fingerprint density at radius 3 is 2.39 bits per heavy atom. The van der Waals surface area contributed by atoms with E-state index in [2.05, 4.69) is 4.74 Å². The number of hydrazone groups is 1. The Balaban J connectivity index is 1.93. The Morgan fingerprint density at radius 2 is 1.83 bits per heavy atom. The van der Waals surface area contributed by atoms with Crippen molar-refractivity contribution in [2.45, 2.75) is 45.6 Å². The maximum Gasteiger partial charge on any atom is 0.573 e. The number of hydrogen-bond donors (Lipinski definition) is 0. The highest BCUT2D eigenvalue weighted by Crippen LogP contribution is 2.35. The van der Waals surface area contributed by atoms with Gasteiger partial charge in [0, 0.05) is 11.5 Å². The monoisotopic (exact) mass is 507 g/mol. The van der Waals surface area contributed by atoms with Crippen LogP contribution in [-0.2, 0) is 21.0 Å². The summed E-state index contributed by atoms with van der Waals surface area (Å²) >= 11 is 0. The first-order valence-electron chi connectivity index (χ1n) is 11.4. The number of hydrogen-bond acceptors (Lipinski definition) is 7. The second kappa shape index (κ2) is 11.9. The van der Waals surface area contributed by atoms with Crippen LogP contribution < -0.4 is 14.5 Å². The van der Waals surface area contributed by atoms with Crippen LogP contribution in [0.3, 0.4) is 0 Å². The maximum absolute atomic E-state index is 12.9. The summed E-state index contributed by atoms with van der Waals surface area (Å²) in [6.07, 6.45) is -2.38. The molecule has 0 bridgehead atoms. The third-order valence-corrected chi connectivity index (χ3v) is 5.77. The molecule has 1 amide bonds. The fourth-order valence-electron chi connectivity index (χ4n) is 4.03. The van der Waals surface area contributed by atoms with Crippen LogP contribution in [0.25, 0.3) is 0 Å². The molecule has 11 heteroatoms. The molecule has 1 heterocycles. The average molecular weight is 508 g/mol. The Hall–Kier alpha value is -3.60. The smallest absolute Gasteiger partial charge is 0.493 e. The molecule has 2 atom stereocenters. The Kier molecular flexibility index (Phi) is 8.92. The molecule has 0 fully saturated rings. The first-order chi connectivity index (χ1) is 17.2.